The first-order chi connectivity index (χ1) is 9.91. The number of benzene rings is 1. The minimum absolute atomic E-state index is 0.0260. The third-order valence-corrected chi connectivity index (χ3v) is 6.37. The average molecular weight is 311 g/mol. The molecule has 1 heterocycles. The van der Waals surface area contributed by atoms with Gasteiger partial charge in [0, 0.05) is 6.04 Å². The second kappa shape index (κ2) is 5.09. The molecule has 1 aliphatic heterocycles. The molecule has 1 aromatic rings. The number of halogens is 1. The van der Waals surface area contributed by atoms with Crippen molar-refractivity contribution in [2.75, 3.05) is 11.5 Å². The van der Waals surface area contributed by atoms with Crippen molar-refractivity contribution in [1.82, 2.24) is 5.32 Å². The number of amides is 1. The standard InChI is InChI=1S/C15H18FNO3S/c16-12-4-2-11(3-5-12)15(7-1-8-15)14(18)17-13-6-9-21(19,20)10-13/h2-5,13H,1,6-10H2,(H,17,18). The molecule has 2 aliphatic rings. The second-order valence-corrected chi connectivity index (χ2v) is 8.24. The Balaban J connectivity index is 1.77. The predicted octanol–water partition coefficient (Wildman–Crippen LogP) is 1.55. The fourth-order valence-electron chi connectivity index (χ4n) is 3.18. The van der Waals surface area contributed by atoms with Gasteiger partial charge in [-0.2, -0.15) is 0 Å². The molecule has 0 spiro atoms. The van der Waals surface area contributed by atoms with Gasteiger partial charge in [-0.05, 0) is 37.0 Å². The summed E-state index contributed by atoms with van der Waals surface area (Å²) in [5.41, 5.74) is 0.202. The lowest BCUT2D eigenvalue weighted by molar-refractivity contribution is -0.130. The third kappa shape index (κ3) is 2.69. The van der Waals surface area contributed by atoms with Crippen molar-refractivity contribution in [3.63, 3.8) is 0 Å². The molecule has 1 amide bonds. The van der Waals surface area contributed by atoms with Crippen molar-refractivity contribution in [2.24, 2.45) is 0 Å². The average Bonchev–Trinajstić information content (AvgIpc) is 2.69. The lowest BCUT2D eigenvalue weighted by Crippen LogP contribution is -2.52. The maximum Gasteiger partial charge on any atom is 0.230 e. The van der Waals surface area contributed by atoms with Gasteiger partial charge in [-0.25, -0.2) is 12.8 Å². The van der Waals surface area contributed by atoms with Gasteiger partial charge < -0.3 is 5.32 Å². The number of sulfone groups is 1. The Morgan fingerprint density at radius 3 is 2.38 bits per heavy atom. The molecule has 3 rings (SSSR count). The maximum absolute atomic E-state index is 13.0. The zero-order chi connectivity index (χ0) is 15.1. The first-order valence-electron chi connectivity index (χ1n) is 7.19. The van der Waals surface area contributed by atoms with E-state index in [1.807, 2.05) is 0 Å². The van der Waals surface area contributed by atoms with E-state index >= 15 is 0 Å². The third-order valence-electron chi connectivity index (χ3n) is 4.61. The first-order valence-corrected chi connectivity index (χ1v) is 9.01. The van der Waals surface area contributed by atoms with Crippen LogP contribution in [-0.2, 0) is 20.0 Å². The number of carbonyl (C=O) groups excluding carboxylic acids is 1. The van der Waals surface area contributed by atoms with Gasteiger partial charge in [-0.3, -0.25) is 4.79 Å². The summed E-state index contributed by atoms with van der Waals surface area (Å²) in [4.78, 5) is 12.6. The summed E-state index contributed by atoms with van der Waals surface area (Å²) in [7, 11) is -3.01. The van der Waals surface area contributed by atoms with Crippen LogP contribution in [0.3, 0.4) is 0 Å². The normalized spacial score (nSPS) is 26.0. The molecule has 0 aromatic heterocycles. The Kier molecular flexibility index (Phi) is 3.51. The van der Waals surface area contributed by atoms with Gasteiger partial charge in [0.1, 0.15) is 5.82 Å². The number of nitrogens with one attached hydrogen (secondary N) is 1. The summed E-state index contributed by atoms with van der Waals surface area (Å²) < 4.78 is 36.0. The zero-order valence-electron chi connectivity index (χ0n) is 11.6. The molecule has 4 nitrogen and oxygen atoms in total. The van der Waals surface area contributed by atoms with Crippen LogP contribution >= 0.6 is 0 Å². The van der Waals surface area contributed by atoms with E-state index in [2.05, 4.69) is 5.32 Å². The van der Waals surface area contributed by atoms with Crippen molar-refractivity contribution in [3.8, 4) is 0 Å². The topological polar surface area (TPSA) is 63.2 Å². The molecule has 6 heteroatoms. The SMILES string of the molecule is O=C(NC1CCS(=O)(=O)C1)C1(c2ccc(F)cc2)CCC1. The lowest BCUT2D eigenvalue weighted by Gasteiger charge is -2.41. The largest absolute Gasteiger partial charge is 0.352 e. The van der Waals surface area contributed by atoms with E-state index in [1.165, 1.54) is 12.1 Å². The van der Waals surface area contributed by atoms with Crippen molar-refractivity contribution < 1.29 is 17.6 Å². The van der Waals surface area contributed by atoms with Gasteiger partial charge in [0.15, 0.2) is 9.84 Å². The molecule has 114 valence electrons. The van der Waals surface area contributed by atoms with Crippen molar-refractivity contribution in [3.05, 3.63) is 35.6 Å². The van der Waals surface area contributed by atoms with E-state index in [-0.39, 0.29) is 29.3 Å². The van der Waals surface area contributed by atoms with Crippen LogP contribution in [0.1, 0.15) is 31.2 Å². The fraction of sp³-hybridized carbons (Fsp3) is 0.533. The molecular formula is C15H18FNO3S. The van der Waals surface area contributed by atoms with Gasteiger partial charge in [-0.1, -0.05) is 18.6 Å². The van der Waals surface area contributed by atoms with E-state index in [0.717, 1.165) is 24.8 Å². The lowest BCUT2D eigenvalue weighted by atomic mass is 9.63. The van der Waals surface area contributed by atoms with Crippen LogP contribution in [0.25, 0.3) is 0 Å². The molecule has 0 radical (unpaired) electrons. The molecule has 0 bridgehead atoms. The minimum atomic E-state index is -3.01. The van der Waals surface area contributed by atoms with Crippen LogP contribution in [0.4, 0.5) is 4.39 Å². The molecule has 1 aromatic carbocycles. The highest BCUT2D eigenvalue weighted by Crippen LogP contribution is 2.44. The van der Waals surface area contributed by atoms with Crippen molar-refractivity contribution in [1.29, 1.82) is 0 Å². The molecule has 1 unspecified atom stereocenters. The zero-order valence-corrected chi connectivity index (χ0v) is 12.5. The molecule has 1 aliphatic carbocycles. The molecule has 1 saturated carbocycles. The number of hydrogen-bond donors (Lipinski definition) is 1. The summed E-state index contributed by atoms with van der Waals surface area (Å²) >= 11 is 0. The van der Waals surface area contributed by atoms with E-state index in [9.17, 15) is 17.6 Å². The van der Waals surface area contributed by atoms with Crippen molar-refractivity contribution in [2.45, 2.75) is 37.1 Å². The molecule has 1 atom stereocenters. The van der Waals surface area contributed by atoms with Crippen molar-refractivity contribution >= 4 is 15.7 Å². The molecule has 21 heavy (non-hydrogen) atoms. The Hall–Kier alpha value is -1.43. The minimum Gasteiger partial charge on any atom is -0.352 e. The summed E-state index contributed by atoms with van der Waals surface area (Å²) in [6.07, 6.45) is 2.88. The fourth-order valence-corrected chi connectivity index (χ4v) is 4.85. The van der Waals surface area contributed by atoms with Crippen LogP contribution in [0, 0.1) is 5.82 Å². The molecule has 1 N–H and O–H groups in total. The van der Waals surface area contributed by atoms with Crippen LogP contribution in [0.15, 0.2) is 24.3 Å². The van der Waals surface area contributed by atoms with E-state index in [1.54, 1.807) is 12.1 Å². The Morgan fingerprint density at radius 2 is 1.90 bits per heavy atom. The number of rotatable bonds is 3. The Labute approximate surface area is 123 Å². The van der Waals surface area contributed by atoms with E-state index in [0.29, 0.717) is 6.42 Å². The van der Waals surface area contributed by atoms with Gasteiger partial charge in [-0.15, -0.1) is 0 Å². The summed E-state index contributed by atoms with van der Waals surface area (Å²) in [6.45, 7) is 0. The first kappa shape index (κ1) is 14.5. The van der Waals surface area contributed by atoms with Crippen LogP contribution in [0.5, 0.6) is 0 Å². The summed E-state index contributed by atoms with van der Waals surface area (Å²) in [5, 5.41) is 2.88. The summed E-state index contributed by atoms with van der Waals surface area (Å²) in [5.74, 6) is -0.280. The maximum atomic E-state index is 13.0. The van der Waals surface area contributed by atoms with Crippen LogP contribution < -0.4 is 5.32 Å². The summed E-state index contributed by atoms with van der Waals surface area (Å²) in [6, 6.07) is 5.74. The number of carbonyl (C=O) groups is 1. The van der Waals surface area contributed by atoms with Gasteiger partial charge in [0.25, 0.3) is 0 Å². The van der Waals surface area contributed by atoms with Gasteiger partial charge in [0.2, 0.25) is 5.91 Å². The highest BCUT2D eigenvalue weighted by atomic mass is 32.2. The molecular weight excluding hydrogens is 293 g/mol. The van der Waals surface area contributed by atoms with Crippen LogP contribution in [0.2, 0.25) is 0 Å². The van der Waals surface area contributed by atoms with E-state index < -0.39 is 15.3 Å². The van der Waals surface area contributed by atoms with Gasteiger partial charge >= 0.3 is 0 Å². The number of hydrogen-bond acceptors (Lipinski definition) is 3. The predicted molar refractivity (Wildman–Crippen MR) is 77.1 cm³/mol. The highest BCUT2D eigenvalue weighted by Gasteiger charge is 2.46. The van der Waals surface area contributed by atoms with E-state index in [4.69, 9.17) is 0 Å². The Morgan fingerprint density at radius 1 is 1.24 bits per heavy atom. The smallest absolute Gasteiger partial charge is 0.230 e. The molecule has 1 saturated heterocycles. The highest BCUT2D eigenvalue weighted by molar-refractivity contribution is 7.91. The second-order valence-electron chi connectivity index (χ2n) is 6.02. The van der Waals surface area contributed by atoms with Crippen LogP contribution in [-0.4, -0.2) is 31.9 Å². The quantitative estimate of drug-likeness (QED) is 0.921. The van der Waals surface area contributed by atoms with Gasteiger partial charge in [0.05, 0.1) is 16.9 Å². The monoisotopic (exact) mass is 311 g/mol. The molecule has 2 fully saturated rings. The Bertz CT molecular complexity index is 650.